The van der Waals surface area contributed by atoms with Gasteiger partial charge < -0.3 is 9.29 Å². The molecule has 0 bridgehead atoms. The molecule has 0 unspecified atom stereocenters. The molecule has 1 aliphatic carbocycles. The van der Waals surface area contributed by atoms with Crippen molar-refractivity contribution in [2.75, 3.05) is 0 Å². The van der Waals surface area contributed by atoms with Crippen LogP contribution < -0.4 is 4.18 Å². The lowest BCUT2D eigenvalue weighted by atomic mass is 9.87. The molecule has 0 saturated heterocycles. The molecule has 0 atom stereocenters. The zero-order valence-corrected chi connectivity index (χ0v) is 15.6. The Labute approximate surface area is 153 Å². The fourth-order valence-electron chi connectivity index (χ4n) is 2.96. The molecule has 0 heterocycles. The molecule has 5 nitrogen and oxygen atoms in total. The van der Waals surface area contributed by atoms with E-state index in [1.807, 2.05) is 12.1 Å². The molecule has 0 amide bonds. The molecule has 26 heavy (non-hydrogen) atoms. The van der Waals surface area contributed by atoms with Gasteiger partial charge in [-0.25, -0.2) is 4.79 Å². The maximum atomic E-state index is 12.7. The van der Waals surface area contributed by atoms with Gasteiger partial charge in [-0.05, 0) is 46.7 Å². The van der Waals surface area contributed by atoms with Gasteiger partial charge in [0.05, 0.1) is 5.57 Å². The van der Waals surface area contributed by atoms with E-state index in [4.69, 9.17) is 4.18 Å². The minimum Gasteiger partial charge on any atom is -0.478 e. The molecule has 136 valence electrons. The Hall–Kier alpha value is -2.60. The van der Waals surface area contributed by atoms with Crippen molar-refractivity contribution in [2.45, 2.75) is 37.5 Å². The maximum absolute atomic E-state index is 12.7. The molecule has 0 aliphatic heterocycles. The number of aliphatic carboxylic acids is 1. The summed E-state index contributed by atoms with van der Waals surface area (Å²) in [7, 11) is -4.06. The first-order valence-electron chi connectivity index (χ1n) is 8.20. The third-order valence-corrected chi connectivity index (χ3v) is 5.69. The zero-order chi connectivity index (χ0) is 19.1. The summed E-state index contributed by atoms with van der Waals surface area (Å²) in [5, 5.41) is 9.23. The van der Waals surface area contributed by atoms with Crippen LogP contribution in [0.1, 0.15) is 37.5 Å². The van der Waals surface area contributed by atoms with Gasteiger partial charge in [-0.3, -0.25) is 0 Å². The lowest BCUT2D eigenvalue weighted by Crippen LogP contribution is -2.14. The van der Waals surface area contributed by atoms with Crippen molar-refractivity contribution >= 4 is 21.7 Å². The van der Waals surface area contributed by atoms with Gasteiger partial charge in [-0.15, -0.1) is 0 Å². The number of carboxylic acid groups (broad SMARTS) is 1. The summed E-state index contributed by atoms with van der Waals surface area (Å²) in [5.74, 6) is -0.850. The number of fused-ring (bicyclic) bond motifs is 1. The lowest BCUT2D eigenvalue weighted by Gasteiger charge is -2.19. The van der Waals surface area contributed by atoms with Gasteiger partial charge in [0.2, 0.25) is 0 Å². The second kappa shape index (κ2) is 6.29. The van der Waals surface area contributed by atoms with Crippen molar-refractivity contribution in [1.82, 2.24) is 0 Å². The van der Waals surface area contributed by atoms with E-state index in [9.17, 15) is 18.3 Å². The van der Waals surface area contributed by atoms with Crippen molar-refractivity contribution in [1.29, 1.82) is 0 Å². The summed E-state index contributed by atoms with van der Waals surface area (Å²) in [6, 6.07) is 11.5. The average molecular weight is 372 g/mol. The maximum Gasteiger partial charge on any atom is 0.339 e. The predicted octanol–water partition coefficient (Wildman–Crippen LogP) is 3.78. The van der Waals surface area contributed by atoms with Crippen LogP contribution in [0.3, 0.4) is 0 Å². The van der Waals surface area contributed by atoms with Crippen LogP contribution >= 0.6 is 0 Å². The van der Waals surface area contributed by atoms with E-state index in [0.29, 0.717) is 11.1 Å². The monoisotopic (exact) mass is 372 g/mol. The van der Waals surface area contributed by atoms with E-state index in [-0.39, 0.29) is 28.1 Å². The SMILES string of the molecule is CC(C)(C)c1ccc(OS(=O)(=O)c2cccc3c2CC=C3C(=O)O)cc1. The van der Waals surface area contributed by atoms with E-state index in [2.05, 4.69) is 20.8 Å². The van der Waals surface area contributed by atoms with Crippen LogP contribution in [0.4, 0.5) is 0 Å². The number of allylic oxidation sites excluding steroid dienone is 1. The Kier molecular flexibility index (Phi) is 4.40. The largest absolute Gasteiger partial charge is 0.478 e. The Morgan fingerprint density at radius 1 is 1.08 bits per heavy atom. The van der Waals surface area contributed by atoms with Crippen LogP contribution in [-0.4, -0.2) is 19.5 Å². The Balaban J connectivity index is 1.92. The van der Waals surface area contributed by atoms with Crippen LogP contribution in [-0.2, 0) is 26.7 Å². The molecular weight excluding hydrogens is 352 g/mol. The average Bonchev–Trinajstić information content (AvgIpc) is 2.98. The third-order valence-electron chi connectivity index (χ3n) is 4.36. The molecule has 2 aromatic rings. The lowest BCUT2D eigenvalue weighted by molar-refractivity contribution is -0.130. The molecule has 2 aromatic carbocycles. The molecule has 0 radical (unpaired) electrons. The number of benzene rings is 2. The number of carbonyl (C=O) groups is 1. The van der Waals surface area contributed by atoms with Gasteiger partial charge in [-0.1, -0.05) is 51.1 Å². The summed E-state index contributed by atoms with van der Waals surface area (Å²) >= 11 is 0. The summed E-state index contributed by atoms with van der Waals surface area (Å²) in [4.78, 5) is 11.3. The first-order valence-corrected chi connectivity index (χ1v) is 9.61. The predicted molar refractivity (Wildman–Crippen MR) is 98.7 cm³/mol. The number of hydrogen-bond acceptors (Lipinski definition) is 4. The summed E-state index contributed by atoms with van der Waals surface area (Å²) in [5.41, 5.74) is 2.02. The smallest absolute Gasteiger partial charge is 0.339 e. The summed E-state index contributed by atoms with van der Waals surface area (Å²) in [6.07, 6.45) is 1.77. The van der Waals surface area contributed by atoms with Crippen LogP contribution in [0.2, 0.25) is 0 Å². The third kappa shape index (κ3) is 3.37. The molecule has 0 saturated carbocycles. The van der Waals surface area contributed by atoms with Gasteiger partial charge in [0.15, 0.2) is 0 Å². The van der Waals surface area contributed by atoms with Crippen LogP contribution in [0.25, 0.3) is 5.57 Å². The number of carboxylic acids is 1. The van der Waals surface area contributed by atoms with Crippen molar-refractivity contribution in [2.24, 2.45) is 0 Å². The first-order chi connectivity index (χ1) is 12.1. The topological polar surface area (TPSA) is 80.7 Å². The number of rotatable bonds is 4. The molecule has 6 heteroatoms. The molecule has 1 aliphatic rings. The quantitative estimate of drug-likeness (QED) is 0.826. The van der Waals surface area contributed by atoms with Gasteiger partial charge in [0.25, 0.3) is 0 Å². The second-order valence-corrected chi connectivity index (χ2v) is 8.74. The molecule has 0 spiro atoms. The Bertz CT molecular complexity index is 993. The molecule has 3 rings (SSSR count). The zero-order valence-electron chi connectivity index (χ0n) is 14.8. The normalized spacial score (nSPS) is 13.9. The van der Waals surface area contributed by atoms with Crippen LogP contribution in [0.5, 0.6) is 5.75 Å². The van der Waals surface area contributed by atoms with Crippen molar-refractivity contribution < 1.29 is 22.5 Å². The minimum atomic E-state index is -4.06. The second-order valence-electron chi connectivity index (χ2n) is 7.22. The fraction of sp³-hybridized carbons (Fsp3) is 0.250. The summed E-state index contributed by atoms with van der Waals surface area (Å²) < 4.78 is 30.7. The molecule has 1 N–H and O–H groups in total. The van der Waals surface area contributed by atoms with Gasteiger partial charge in [0.1, 0.15) is 10.6 Å². The minimum absolute atomic E-state index is 0.00222. The van der Waals surface area contributed by atoms with E-state index in [1.54, 1.807) is 18.2 Å². The van der Waals surface area contributed by atoms with E-state index < -0.39 is 16.1 Å². The van der Waals surface area contributed by atoms with Gasteiger partial charge in [0, 0.05) is 0 Å². The highest BCUT2D eigenvalue weighted by Crippen LogP contribution is 2.33. The Morgan fingerprint density at radius 3 is 2.31 bits per heavy atom. The highest BCUT2D eigenvalue weighted by atomic mass is 32.2. The molecular formula is C20H20O5S. The van der Waals surface area contributed by atoms with Crippen molar-refractivity contribution in [3.05, 3.63) is 65.2 Å². The fourth-order valence-corrected chi connectivity index (χ4v) is 4.16. The van der Waals surface area contributed by atoms with Crippen molar-refractivity contribution in [3.8, 4) is 5.75 Å². The molecule has 0 aromatic heterocycles. The van der Waals surface area contributed by atoms with Gasteiger partial charge in [-0.2, -0.15) is 8.42 Å². The summed E-state index contributed by atoms with van der Waals surface area (Å²) in [6.45, 7) is 6.21. The van der Waals surface area contributed by atoms with Crippen molar-refractivity contribution in [3.63, 3.8) is 0 Å². The van der Waals surface area contributed by atoms with Gasteiger partial charge >= 0.3 is 16.1 Å². The van der Waals surface area contributed by atoms with Crippen LogP contribution in [0.15, 0.2) is 53.4 Å². The molecule has 0 fully saturated rings. The standard InChI is InChI=1S/C20H20O5S/c1-20(2,3)13-7-9-14(10-8-13)25-26(23,24)18-6-4-5-15-16(18)11-12-17(15)19(21)22/h4-10,12H,11H2,1-3H3,(H,21,22). The van der Waals surface area contributed by atoms with E-state index in [1.165, 1.54) is 18.2 Å². The first kappa shape index (κ1) is 18.2. The highest BCUT2D eigenvalue weighted by Gasteiger charge is 2.28. The van der Waals surface area contributed by atoms with Crippen LogP contribution in [0, 0.1) is 0 Å². The van der Waals surface area contributed by atoms with E-state index >= 15 is 0 Å². The number of hydrogen-bond donors (Lipinski definition) is 1. The van der Waals surface area contributed by atoms with E-state index in [0.717, 1.165) is 5.56 Å². The Morgan fingerprint density at radius 2 is 1.73 bits per heavy atom. The highest BCUT2D eigenvalue weighted by molar-refractivity contribution is 7.87.